The van der Waals surface area contributed by atoms with Gasteiger partial charge in [0, 0.05) is 22.2 Å². The average molecular weight is 240 g/mol. The topological polar surface area (TPSA) is 12.0 Å². The molecular formula is C12H11Cl2N. The molecule has 0 atom stereocenters. The van der Waals surface area contributed by atoms with Crippen molar-refractivity contribution in [2.24, 2.45) is 0 Å². The predicted molar refractivity (Wildman–Crippen MR) is 65.2 cm³/mol. The monoisotopic (exact) mass is 239 g/mol. The summed E-state index contributed by atoms with van der Waals surface area (Å²) in [6, 6.07) is 7.88. The van der Waals surface area contributed by atoms with E-state index < -0.39 is 0 Å². The number of dihydropyridines is 1. The number of nitrogens with one attached hydrogen (secondary N) is 1. The van der Waals surface area contributed by atoms with E-state index in [2.05, 4.69) is 5.32 Å². The molecule has 1 N–H and O–H groups in total. The SMILES string of the molecule is ClC1=CC=C(Cc2ccc(Cl)cc2)NC1. The Hall–Kier alpha value is -0.920. The molecule has 0 unspecified atom stereocenters. The molecule has 0 aromatic heterocycles. The lowest BCUT2D eigenvalue weighted by molar-refractivity contribution is 0.838. The third-order valence-corrected chi connectivity index (χ3v) is 2.77. The lowest BCUT2D eigenvalue weighted by Gasteiger charge is -2.14. The first kappa shape index (κ1) is 10.6. The molecule has 3 heteroatoms. The molecule has 0 saturated heterocycles. The van der Waals surface area contributed by atoms with Crippen molar-refractivity contribution >= 4 is 23.2 Å². The van der Waals surface area contributed by atoms with Crippen LogP contribution >= 0.6 is 23.2 Å². The summed E-state index contributed by atoms with van der Waals surface area (Å²) >= 11 is 11.7. The minimum Gasteiger partial charge on any atom is -0.383 e. The Bertz CT molecular complexity index is 404. The number of benzene rings is 1. The largest absolute Gasteiger partial charge is 0.383 e. The van der Waals surface area contributed by atoms with Crippen LogP contribution < -0.4 is 5.32 Å². The first-order chi connectivity index (χ1) is 7.24. The first-order valence-electron chi connectivity index (χ1n) is 4.77. The van der Waals surface area contributed by atoms with E-state index in [9.17, 15) is 0 Å². The van der Waals surface area contributed by atoms with E-state index in [-0.39, 0.29) is 0 Å². The van der Waals surface area contributed by atoms with Crippen molar-refractivity contribution in [3.05, 3.63) is 57.7 Å². The zero-order valence-corrected chi connectivity index (χ0v) is 9.65. The van der Waals surface area contributed by atoms with Gasteiger partial charge in [0.05, 0.1) is 6.54 Å². The number of halogens is 2. The Kier molecular flexibility index (Phi) is 3.34. The second kappa shape index (κ2) is 4.73. The maximum Gasteiger partial charge on any atom is 0.0505 e. The highest BCUT2D eigenvalue weighted by Crippen LogP contribution is 2.14. The molecule has 1 aromatic rings. The fourth-order valence-electron chi connectivity index (χ4n) is 1.45. The van der Waals surface area contributed by atoms with Gasteiger partial charge in [-0.05, 0) is 29.8 Å². The molecule has 2 rings (SSSR count). The molecule has 1 nitrogen and oxygen atoms in total. The minimum atomic E-state index is 0.723. The molecule has 78 valence electrons. The van der Waals surface area contributed by atoms with Gasteiger partial charge in [0.1, 0.15) is 0 Å². The summed E-state index contributed by atoms with van der Waals surface area (Å²) in [5.41, 5.74) is 2.42. The van der Waals surface area contributed by atoms with Crippen molar-refractivity contribution in [3.8, 4) is 0 Å². The summed E-state index contributed by atoms with van der Waals surface area (Å²) in [7, 11) is 0. The maximum absolute atomic E-state index is 5.84. The van der Waals surface area contributed by atoms with E-state index in [4.69, 9.17) is 23.2 Å². The molecular weight excluding hydrogens is 229 g/mol. The van der Waals surface area contributed by atoms with Gasteiger partial charge in [0.25, 0.3) is 0 Å². The quantitative estimate of drug-likeness (QED) is 0.834. The van der Waals surface area contributed by atoms with Gasteiger partial charge >= 0.3 is 0 Å². The lowest BCUT2D eigenvalue weighted by Crippen LogP contribution is -2.19. The third kappa shape index (κ3) is 3.01. The number of hydrogen-bond donors (Lipinski definition) is 1. The Labute approximate surface area is 99.4 Å². The molecule has 1 heterocycles. The smallest absolute Gasteiger partial charge is 0.0505 e. The van der Waals surface area contributed by atoms with E-state index in [0.717, 1.165) is 23.0 Å². The van der Waals surface area contributed by atoms with Crippen molar-refractivity contribution in [2.75, 3.05) is 6.54 Å². The normalized spacial score (nSPS) is 15.3. The van der Waals surface area contributed by atoms with Gasteiger partial charge in [-0.15, -0.1) is 0 Å². The van der Waals surface area contributed by atoms with Crippen LogP contribution in [0.3, 0.4) is 0 Å². The Morgan fingerprint density at radius 2 is 1.80 bits per heavy atom. The highest BCUT2D eigenvalue weighted by molar-refractivity contribution is 6.30. The summed E-state index contributed by atoms with van der Waals surface area (Å²) in [4.78, 5) is 0. The number of allylic oxidation sites excluding steroid dienone is 3. The number of hydrogen-bond acceptors (Lipinski definition) is 1. The summed E-state index contributed by atoms with van der Waals surface area (Å²) in [6.45, 7) is 0.723. The maximum atomic E-state index is 5.84. The fraction of sp³-hybridized carbons (Fsp3) is 0.167. The predicted octanol–water partition coefficient (Wildman–Crippen LogP) is 3.49. The van der Waals surface area contributed by atoms with Crippen LogP contribution in [0.2, 0.25) is 5.02 Å². The van der Waals surface area contributed by atoms with E-state index in [1.165, 1.54) is 11.3 Å². The lowest BCUT2D eigenvalue weighted by atomic mass is 10.1. The molecule has 0 bridgehead atoms. The zero-order chi connectivity index (χ0) is 10.7. The second-order valence-electron chi connectivity index (χ2n) is 3.46. The zero-order valence-electron chi connectivity index (χ0n) is 8.13. The van der Waals surface area contributed by atoms with Crippen molar-refractivity contribution in [2.45, 2.75) is 6.42 Å². The van der Waals surface area contributed by atoms with Gasteiger partial charge < -0.3 is 5.32 Å². The molecule has 15 heavy (non-hydrogen) atoms. The Balaban J connectivity index is 2.06. The highest BCUT2D eigenvalue weighted by atomic mass is 35.5. The summed E-state index contributed by atoms with van der Waals surface area (Å²) < 4.78 is 0. The summed E-state index contributed by atoms with van der Waals surface area (Å²) in [5, 5.41) is 4.87. The van der Waals surface area contributed by atoms with E-state index in [1.54, 1.807) is 0 Å². The van der Waals surface area contributed by atoms with Crippen LogP contribution in [-0.4, -0.2) is 6.54 Å². The molecule has 0 radical (unpaired) electrons. The van der Waals surface area contributed by atoms with Gasteiger partial charge in [-0.25, -0.2) is 0 Å². The van der Waals surface area contributed by atoms with E-state index in [1.807, 2.05) is 36.4 Å². The van der Waals surface area contributed by atoms with Gasteiger partial charge in [-0.1, -0.05) is 35.3 Å². The van der Waals surface area contributed by atoms with Crippen molar-refractivity contribution in [1.82, 2.24) is 5.32 Å². The van der Waals surface area contributed by atoms with Crippen molar-refractivity contribution in [1.29, 1.82) is 0 Å². The van der Waals surface area contributed by atoms with Crippen molar-refractivity contribution in [3.63, 3.8) is 0 Å². The summed E-state index contributed by atoms with van der Waals surface area (Å²) in [5.74, 6) is 0. The third-order valence-electron chi connectivity index (χ3n) is 2.26. The van der Waals surface area contributed by atoms with E-state index >= 15 is 0 Å². The molecule has 1 aromatic carbocycles. The van der Waals surface area contributed by atoms with Gasteiger partial charge in [0.15, 0.2) is 0 Å². The fourth-order valence-corrected chi connectivity index (χ4v) is 1.71. The van der Waals surface area contributed by atoms with E-state index in [0.29, 0.717) is 0 Å². The standard InChI is InChI=1S/C12H11Cl2N/c13-10-3-1-9(2-4-10)7-12-6-5-11(14)8-15-12/h1-6,15H,7-8H2. The molecule has 0 aliphatic carbocycles. The molecule has 0 saturated carbocycles. The van der Waals surface area contributed by atoms with Gasteiger partial charge in [0.2, 0.25) is 0 Å². The van der Waals surface area contributed by atoms with Crippen LogP contribution in [0, 0.1) is 0 Å². The van der Waals surface area contributed by atoms with Crippen LogP contribution in [0.1, 0.15) is 5.56 Å². The number of rotatable bonds is 2. The average Bonchev–Trinajstić information content (AvgIpc) is 2.25. The van der Waals surface area contributed by atoms with Crippen LogP contribution in [0.15, 0.2) is 47.1 Å². The van der Waals surface area contributed by atoms with Gasteiger partial charge in [-0.3, -0.25) is 0 Å². The molecule has 0 fully saturated rings. The summed E-state index contributed by atoms with van der Waals surface area (Å²) in [6.07, 6.45) is 4.83. The van der Waals surface area contributed by atoms with Crippen LogP contribution in [0.5, 0.6) is 0 Å². The molecule has 1 aliphatic rings. The van der Waals surface area contributed by atoms with Crippen molar-refractivity contribution < 1.29 is 0 Å². The molecule has 0 amide bonds. The van der Waals surface area contributed by atoms with Crippen LogP contribution in [0.4, 0.5) is 0 Å². The highest BCUT2D eigenvalue weighted by Gasteiger charge is 2.03. The Morgan fingerprint density at radius 1 is 1.07 bits per heavy atom. The van der Waals surface area contributed by atoms with Crippen LogP contribution in [0.25, 0.3) is 0 Å². The Morgan fingerprint density at radius 3 is 2.40 bits per heavy atom. The minimum absolute atomic E-state index is 0.723. The molecule has 0 spiro atoms. The van der Waals surface area contributed by atoms with Gasteiger partial charge in [-0.2, -0.15) is 0 Å². The van der Waals surface area contributed by atoms with Crippen LogP contribution in [-0.2, 0) is 6.42 Å². The molecule has 1 aliphatic heterocycles. The second-order valence-corrected chi connectivity index (χ2v) is 4.38. The first-order valence-corrected chi connectivity index (χ1v) is 5.53.